The summed E-state index contributed by atoms with van der Waals surface area (Å²) in [5.74, 6) is -0.169. The van der Waals surface area contributed by atoms with E-state index in [-0.39, 0.29) is 18.2 Å². The van der Waals surface area contributed by atoms with Crippen molar-refractivity contribution in [1.82, 2.24) is 0 Å². The first-order valence-electron chi connectivity index (χ1n) is 5.13. The van der Waals surface area contributed by atoms with Crippen LogP contribution in [0.3, 0.4) is 0 Å². The van der Waals surface area contributed by atoms with Gasteiger partial charge in [0.15, 0.2) is 0 Å². The van der Waals surface area contributed by atoms with Gasteiger partial charge < -0.3 is 14.9 Å². The molecule has 1 heterocycles. The molecule has 1 saturated heterocycles. The van der Waals surface area contributed by atoms with Crippen LogP contribution >= 0.6 is 0 Å². The van der Waals surface area contributed by atoms with Gasteiger partial charge in [0.05, 0.1) is 12.2 Å². The molecular weight excluding hydrogens is 184 g/mol. The maximum Gasteiger partial charge on any atom is 0.306 e. The number of aliphatic hydroxyl groups excluding tert-OH is 2. The van der Waals surface area contributed by atoms with Crippen LogP contribution < -0.4 is 0 Å². The summed E-state index contributed by atoms with van der Waals surface area (Å²) in [5, 5.41) is 18.6. The van der Waals surface area contributed by atoms with Crippen molar-refractivity contribution in [2.75, 3.05) is 0 Å². The van der Waals surface area contributed by atoms with Gasteiger partial charge in [0, 0.05) is 12.8 Å². The molecule has 3 atom stereocenters. The second kappa shape index (κ2) is 5.32. The van der Waals surface area contributed by atoms with E-state index in [2.05, 4.69) is 0 Å². The minimum absolute atomic E-state index is 0.119. The third-order valence-corrected chi connectivity index (χ3v) is 2.42. The summed E-state index contributed by atoms with van der Waals surface area (Å²) in [6, 6.07) is 0. The molecule has 0 bridgehead atoms. The minimum atomic E-state index is -0.472. The molecule has 1 aliphatic rings. The third kappa shape index (κ3) is 4.07. The van der Waals surface area contributed by atoms with Crippen LogP contribution in [-0.4, -0.2) is 34.5 Å². The zero-order valence-electron chi connectivity index (χ0n) is 8.48. The van der Waals surface area contributed by atoms with Crippen molar-refractivity contribution in [2.45, 2.75) is 57.3 Å². The van der Waals surface area contributed by atoms with E-state index in [1.165, 1.54) is 0 Å². The van der Waals surface area contributed by atoms with Crippen LogP contribution in [0.2, 0.25) is 0 Å². The number of cyclic esters (lactones) is 1. The average molecular weight is 202 g/mol. The quantitative estimate of drug-likeness (QED) is 0.641. The lowest BCUT2D eigenvalue weighted by Crippen LogP contribution is -2.19. The summed E-state index contributed by atoms with van der Waals surface area (Å²) in [5.41, 5.74) is 0. The van der Waals surface area contributed by atoms with Gasteiger partial charge in [-0.15, -0.1) is 0 Å². The molecule has 1 fully saturated rings. The molecule has 0 amide bonds. The van der Waals surface area contributed by atoms with Crippen molar-refractivity contribution >= 4 is 5.97 Å². The predicted molar refractivity (Wildman–Crippen MR) is 50.7 cm³/mol. The normalized spacial score (nSPS) is 25.9. The summed E-state index contributed by atoms with van der Waals surface area (Å²) < 4.78 is 4.98. The van der Waals surface area contributed by atoms with Crippen molar-refractivity contribution in [3.8, 4) is 0 Å². The first-order valence-corrected chi connectivity index (χ1v) is 5.13. The first kappa shape index (κ1) is 11.5. The molecule has 82 valence electrons. The highest BCUT2D eigenvalue weighted by atomic mass is 16.5. The Morgan fingerprint density at radius 3 is 2.71 bits per heavy atom. The van der Waals surface area contributed by atoms with Crippen molar-refractivity contribution in [1.29, 1.82) is 0 Å². The van der Waals surface area contributed by atoms with Gasteiger partial charge in [0.2, 0.25) is 0 Å². The highest BCUT2D eigenvalue weighted by Gasteiger charge is 2.25. The topological polar surface area (TPSA) is 66.8 Å². The molecule has 1 rings (SSSR count). The SMILES string of the molecule is C[C@H](O)CC[C@H](O)C[C@@H]1CCC(=O)O1. The highest BCUT2D eigenvalue weighted by molar-refractivity contribution is 5.71. The van der Waals surface area contributed by atoms with Crippen LogP contribution in [0.4, 0.5) is 0 Å². The first-order chi connectivity index (χ1) is 6.58. The van der Waals surface area contributed by atoms with Gasteiger partial charge in [-0.2, -0.15) is 0 Å². The van der Waals surface area contributed by atoms with Crippen molar-refractivity contribution in [3.05, 3.63) is 0 Å². The number of rotatable bonds is 5. The fourth-order valence-electron chi connectivity index (χ4n) is 1.60. The van der Waals surface area contributed by atoms with E-state index in [0.717, 1.165) is 0 Å². The number of carbonyl (C=O) groups is 1. The molecule has 0 aromatic rings. The second-order valence-corrected chi connectivity index (χ2v) is 3.97. The molecule has 0 aromatic carbocycles. The maximum atomic E-state index is 10.8. The second-order valence-electron chi connectivity index (χ2n) is 3.97. The molecule has 4 nitrogen and oxygen atoms in total. The molecule has 0 spiro atoms. The molecule has 14 heavy (non-hydrogen) atoms. The van der Waals surface area contributed by atoms with Gasteiger partial charge >= 0.3 is 5.97 Å². The molecule has 0 aromatic heterocycles. The maximum absolute atomic E-state index is 10.8. The number of carbonyl (C=O) groups excluding carboxylic acids is 1. The fraction of sp³-hybridized carbons (Fsp3) is 0.900. The lowest BCUT2D eigenvalue weighted by Gasteiger charge is -2.15. The van der Waals surface area contributed by atoms with Crippen LogP contribution in [0.5, 0.6) is 0 Å². The van der Waals surface area contributed by atoms with Crippen molar-refractivity contribution < 1.29 is 19.7 Å². The van der Waals surface area contributed by atoms with Gasteiger partial charge in [0.25, 0.3) is 0 Å². The molecular formula is C10H18O4. The van der Waals surface area contributed by atoms with E-state index >= 15 is 0 Å². The molecule has 1 aliphatic heterocycles. The van der Waals surface area contributed by atoms with E-state index in [0.29, 0.717) is 32.1 Å². The average Bonchev–Trinajstić information content (AvgIpc) is 2.48. The third-order valence-electron chi connectivity index (χ3n) is 2.42. The summed E-state index contributed by atoms with van der Waals surface area (Å²) in [4.78, 5) is 10.8. The summed E-state index contributed by atoms with van der Waals surface area (Å²) in [6.45, 7) is 1.70. The Bertz CT molecular complexity index is 191. The molecule has 0 unspecified atom stereocenters. The molecule has 4 heteroatoms. The lowest BCUT2D eigenvalue weighted by molar-refractivity contribution is -0.142. The van der Waals surface area contributed by atoms with Crippen molar-refractivity contribution in [3.63, 3.8) is 0 Å². The summed E-state index contributed by atoms with van der Waals surface area (Å²) in [7, 11) is 0. The van der Waals surface area contributed by atoms with Gasteiger partial charge in [0.1, 0.15) is 6.10 Å². The minimum Gasteiger partial charge on any atom is -0.462 e. The van der Waals surface area contributed by atoms with E-state index < -0.39 is 6.10 Å². The summed E-state index contributed by atoms with van der Waals surface area (Å²) >= 11 is 0. The van der Waals surface area contributed by atoms with Gasteiger partial charge in [-0.3, -0.25) is 4.79 Å². The molecule has 0 aliphatic carbocycles. The smallest absolute Gasteiger partial charge is 0.306 e. The Kier molecular flexibility index (Phi) is 4.35. The molecule has 0 radical (unpaired) electrons. The van der Waals surface area contributed by atoms with E-state index in [9.17, 15) is 9.90 Å². The predicted octanol–water partition coefficient (Wildman–Crippen LogP) is 0.604. The molecule has 0 saturated carbocycles. The van der Waals surface area contributed by atoms with Crippen LogP contribution in [0.1, 0.15) is 39.0 Å². The van der Waals surface area contributed by atoms with Crippen LogP contribution in [-0.2, 0) is 9.53 Å². The standard InChI is InChI=1S/C10H18O4/c1-7(11)2-3-8(12)6-9-4-5-10(13)14-9/h7-9,11-12H,2-6H2,1H3/t7-,8-,9-/m0/s1. The Hall–Kier alpha value is -0.610. The van der Waals surface area contributed by atoms with Gasteiger partial charge in [-0.05, 0) is 26.2 Å². The number of ether oxygens (including phenoxy) is 1. The number of hydrogen-bond donors (Lipinski definition) is 2. The largest absolute Gasteiger partial charge is 0.462 e. The summed E-state index contributed by atoms with van der Waals surface area (Å²) in [6.07, 6.45) is 1.85. The Balaban J connectivity index is 2.13. The van der Waals surface area contributed by atoms with Crippen molar-refractivity contribution in [2.24, 2.45) is 0 Å². The van der Waals surface area contributed by atoms with Gasteiger partial charge in [-0.25, -0.2) is 0 Å². The Morgan fingerprint density at radius 1 is 1.50 bits per heavy atom. The molecule has 2 N–H and O–H groups in total. The Morgan fingerprint density at radius 2 is 2.21 bits per heavy atom. The number of aliphatic hydroxyl groups is 2. The highest BCUT2D eigenvalue weighted by Crippen LogP contribution is 2.20. The van der Waals surface area contributed by atoms with Gasteiger partial charge in [-0.1, -0.05) is 0 Å². The van der Waals surface area contributed by atoms with E-state index in [1.54, 1.807) is 6.92 Å². The Labute approximate surface area is 83.9 Å². The number of esters is 1. The fourth-order valence-corrected chi connectivity index (χ4v) is 1.60. The van der Waals surface area contributed by atoms with Crippen LogP contribution in [0.25, 0.3) is 0 Å². The van der Waals surface area contributed by atoms with Crippen LogP contribution in [0, 0.1) is 0 Å². The monoisotopic (exact) mass is 202 g/mol. The van der Waals surface area contributed by atoms with Crippen LogP contribution in [0.15, 0.2) is 0 Å². The zero-order valence-corrected chi connectivity index (χ0v) is 8.48. The van der Waals surface area contributed by atoms with E-state index in [1.807, 2.05) is 0 Å². The lowest BCUT2D eigenvalue weighted by atomic mass is 10.0. The van der Waals surface area contributed by atoms with E-state index in [4.69, 9.17) is 9.84 Å². The zero-order chi connectivity index (χ0) is 10.6. The number of hydrogen-bond acceptors (Lipinski definition) is 4.